The number of nitrogens with one attached hydrogen (secondary N) is 2. The standard InChI is InChI=1S/C24H30N2O3/c1-3-17(2)29-22-14-7-11-19(15-22)24(28)26-21-13-8-12-20(16-21)25-23(27)18-9-5-4-6-10-18/h7-8,11-18H,3-6,9-10H2,1-2H3,(H,25,27)(H,26,28). The molecule has 5 heteroatoms. The van der Waals surface area contributed by atoms with Crippen LogP contribution in [0.1, 0.15) is 62.7 Å². The fourth-order valence-electron chi connectivity index (χ4n) is 3.51. The summed E-state index contributed by atoms with van der Waals surface area (Å²) in [5.74, 6) is 0.633. The lowest BCUT2D eigenvalue weighted by Crippen LogP contribution is -2.24. The van der Waals surface area contributed by atoms with E-state index in [-0.39, 0.29) is 23.8 Å². The minimum absolute atomic E-state index is 0.0723. The summed E-state index contributed by atoms with van der Waals surface area (Å²) in [5, 5.41) is 5.89. The Morgan fingerprint density at radius 3 is 2.41 bits per heavy atom. The third-order valence-electron chi connectivity index (χ3n) is 5.37. The van der Waals surface area contributed by atoms with E-state index in [1.165, 1.54) is 6.42 Å². The Labute approximate surface area is 172 Å². The van der Waals surface area contributed by atoms with Gasteiger partial charge in [-0.15, -0.1) is 0 Å². The van der Waals surface area contributed by atoms with Crippen molar-refractivity contribution in [3.63, 3.8) is 0 Å². The number of rotatable bonds is 7. The molecule has 0 heterocycles. The number of carbonyl (C=O) groups excluding carboxylic acids is 2. The third kappa shape index (κ3) is 6.08. The Morgan fingerprint density at radius 2 is 1.69 bits per heavy atom. The molecule has 0 bridgehead atoms. The first kappa shape index (κ1) is 20.9. The monoisotopic (exact) mass is 394 g/mol. The molecule has 1 aliphatic rings. The summed E-state index contributed by atoms with van der Waals surface area (Å²) in [5.41, 5.74) is 1.87. The van der Waals surface area contributed by atoms with Crippen LogP contribution in [-0.4, -0.2) is 17.9 Å². The van der Waals surface area contributed by atoms with E-state index in [0.717, 1.165) is 32.1 Å². The van der Waals surface area contributed by atoms with Crippen molar-refractivity contribution < 1.29 is 14.3 Å². The highest BCUT2D eigenvalue weighted by molar-refractivity contribution is 6.05. The summed E-state index contributed by atoms with van der Waals surface area (Å²) in [7, 11) is 0. The second-order valence-corrected chi connectivity index (χ2v) is 7.72. The molecule has 1 atom stereocenters. The first-order valence-electron chi connectivity index (χ1n) is 10.5. The number of hydrogen-bond acceptors (Lipinski definition) is 3. The van der Waals surface area contributed by atoms with Crippen LogP contribution in [0.15, 0.2) is 48.5 Å². The van der Waals surface area contributed by atoms with Crippen LogP contribution in [0.25, 0.3) is 0 Å². The van der Waals surface area contributed by atoms with Crippen molar-refractivity contribution >= 4 is 23.2 Å². The maximum Gasteiger partial charge on any atom is 0.255 e. The minimum Gasteiger partial charge on any atom is -0.491 e. The summed E-state index contributed by atoms with van der Waals surface area (Å²) in [6, 6.07) is 14.4. The van der Waals surface area contributed by atoms with Gasteiger partial charge in [0, 0.05) is 22.9 Å². The topological polar surface area (TPSA) is 67.4 Å². The largest absolute Gasteiger partial charge is 0.491 e. The number of ether oxygens (including phenoxy) is 1. The highest BCUT2D eigenvalue weighted by atomic mass is 16.5. The molecule has 0 saturated heterocycles. The van der Waals surface area contributed by atoms with Gasteiger partial charge in [0.1, 0.15) is 5.75 Å². The molecule has 0 spiro atoms. The lowest BCUT2D eigenvalue weighted by Gasteiger charge is -2.20. The number of benzene rings is 2. The molecule has 1 unspecified atom stereocenters. The maximum atomic E-state index is 12.6. The zero-order chi connectivity index (χ0) is 20.6. The molecular weight excluding hydrogens is 364 g/mol. The van der Waals surface area contributed by atoms with Gasteiger partial charge in [0.25, 0.3) is 5.91 Å². The molecule has 1 fully saturated rings. The summed E-state index contributed by atoms with van der Waals surface area (Å²) in [4.78, 5) is 25.1. The molecule has 29 heavy (non-hydrogen) atoms. The predicted octanol–water partition coefficient (Wildman–Crippen LogP) is 5.64. The van der Waals surface area contributed by atoms with E-state index in [2.05, 4.69) is 17.6 Å². The molecule has 3 rings (SSSR count). The van der Waals surface area contributed by atoms with Gasteiger partial charge < -0.3 is 15.4 Å². The van der Waals surface area contributed by atoms with Crippen molar-refractivity contribution in [2.45, 2.75) is 58.5 Å². The van der Waals surface area contributed by atoms with Gasteiger partial charge in [0.05, 0.1) is 6.10 Å². The number of hydrogen-bond donors (Lipinski definition) is 2. The Hall–Kier alpha value is -2.82. The molecule has 1 aliphatic carbocycles. The first-order valence-corrected chi connectivity index (χ1v) is 10.5. The summed E-state index contributed by atoms with van der Waals surface area (Å²) >= 11 is 0. The van der Waals surface area contributed by atoms with Crippen molar-refractivity contribution in [1.29, 1.82) is 0 Å². The average molecular weight is 395 g/mol. The van der Waals surface area contributed by atoms with Crippen molar-refractivity contribution in [1.82, 2.24) is 0 Å². The van der Waals surface area contributed by atoms with Crippen LogP contribution in [0.5, 0.6) is 5.75 Å². The van der Waals surface area contributed by atoms with Crippen molar-refractivity contribution in [3.05, 3.63) is 54.1 Å². The fourth-order valence-corrected chi connectivity index (χ4v) is 3.51. The summed E-state index contributed by atoms with van der Waals surface area (Å²) in [6.45, 7) is 4.06. The van der Waals surface area contributed by atoms with E-state index in [1.54, 1.807) is 18.2 Å². The van der Waals surface area contributed by atoms with Crippen LogP contribution >= 0.6 is 0 Å². The second-order valence-electron chi connectivity index (χ2n) is 7.72. The fraction of sp³-hybridized carbons (Fsp3) is 0.417. The molecule has 2 aromatic carbocycles. The first-order chi connectivity index (χ1) is 14.0. The predicted molar refractivity (Wildman–Crippen MR) is 116 cm³/mol. The highest BCUT2D eigenvalue weighted by Crippen LogP contribution is 2.25. The Balaban J connectivity index is 1.63. The van der Waals surface area contributed by atoms with Crippen LogP contribution in [0.3, 0.4) is 0 Å². The minimum atomic E-state index is -0.213. The average Bonchev–Trinajstić information content (AvgIpc) is 2.74. The van der Waals surface area contributed by atoms with Crippen LogP contribution in [0.2, 0.25) is 0 Å². The van der Waals surface area contributed by atoms with Gasteiger partial charge in [-0.25, -0.2) is 0 Å². The van der Waals surface area contributed by atoms with Crippen LogP contribution < -0.4 is 15.4 Å². The van der Waals surface area contributed by atoms with Crippen molar-refractivity contribution in [3.8, 4) is 5.75 Å². The van der Waals surface area contributed by atoms with Crippen LogP contribution in [0, 0.1) is 5.92 Å². The van der Waals surface area contributed by atoms with E-state index in [4.69, 9.17) is 4.74 Å². The van der Waals surface area contributed by atoms with Crippen LogP contribution in [-0.2, 0) is 4.79 Å². The van der Waals surface area contributed by atoms with Crippen molar-refractivity contribution in [2.75, 3.05) is 10.6 Å². The molecule has 2 N–H and O–H groups in total. The Bertz CT molecular complexity index is 844. The number of carbonyl (C=O) groups is 2. The van der Waals surface area contributed by atoms with E-state index in [0.29, 0.717) is 22.7 Å². The molecule has 0 radical (unpaired) electrons. The van der Waals surface area contributed by atoms with Gasteiger partial charge in [0.15, 0.2) is 0 Å². The molecular formula is C24H30N2O3. The number of anilines is 2. The van der Waals surface area contributed by atoms with Gasteiger partial charge in [-0.3, -0.25) is 9.59 Å². The zero-order valence-corrected chi connectivity index (χ0v) is 17.2. The Kier molecular flexibility index (Phi) is 7.28. The normalized spacial score (nSPS) is 15.4. The van der Waals surface area contributed by atoms with Gasteiger partial charge in [0.2, 0.25) is 5.91 Å². The second kappa shape index (κ2) is 10.1. The molecule has 5 nitrogen and oxygen atoms in total. The molecule has 0 aliphatic heterocycles. The molecule has 0 aromatic heterocycles. The number of amides is 2. The lowest BCUT2D eigenvalue weighted by atomic mass is 9.88. The van der Waals surface area contributed by atoms with Gasteiger partial charge in [-0.05, 0) is 62.6 Å². The van der Waals surface area contributed by atoms with Crippen LogP contribution in [0.4, 0.5) is 11.4 Å². The van der Waals surface area contributed by atoms with E-state index in [9.17, 15) is 9.59 Å². The van der Waals surface area contributed by atoms with Gasteiger partial charge >= 0.3 is 0 Å². The zero-order valence-electron chi connectivity index (χ0n) is 17.2. The van der Waals surface area contributed by atoms with Gasteiger partial charge in [-0.2, -0.15) is 0 Å². The Morgan fingerprint density at radius 1 is 1.00 bits per heavy atom. The summed E-state index contributed by atoms with van der Waals surface area (Å²) < 4.78 is 5.80. The van der Waals surface area contributed by atoms with E-state index in [1.807, 2.05) is 37.3 Å². The molecule has 2 amide bonds. The molecule has 1 saturated carbocycles. The lowest BCUT2D eigenvalue weighted by molar-refractivity contribution is -0.120. The highest BCUT2D eigenvalue weighted by Gasteiger charge is 2.21. The smallest absolute Gasteiger partial charge is 0.255 e. The van der Waals surface area contributed by atoms with Gasteiger partial charge in [-0.1, -0.05) is 38.3 Å². The van der Waals surface area contributed by atoms with Crippen molar-refractivity contribution in [2.24, 2.45) is 5.92 Å². The maximum absolute atomic E-state index is 12.6. The SMILES string of the molecule is CCC(C)Oc1cccc(C(=O)Nc2cccc(NC(=O)C3CCCCC3)c2)c1. The summed E-state index contributed by atoms with van der Waals surface area (Å²) in [6.07, 6.45) is 6.36. The molecule has 154 valence electrons. The quantitative estimate of drug-likeness (QED) is 0.639. The van der Waals surface area contributed by atoms with E-state index >= 15 is 0 Å². The third-order valence-corrected chi connectivity index (χ3v) is 5.37. The molecule has 2 aromatic rings. The van der Waals surface area contributed by atoms with E-state index < -0.39 is 0 Å².